The third kappa shape index (κ3) is 3.29. The van der Waals surface area contributed by atoms with Crippen molar-refractivity contribution in [2.24, 2.45) is 0 Å². The van der Waals surface area contributed by atoms with Gasteiger partial charge in [-0.25, -0.2) is 0 Å². The first-order valence-corrected chi connectivity index (χ1v) is 14.9. The van der Waals surface area contributed by atoms with Gasteiger partial charge in [0.15, 0.2) is 5.58 Å². The summed E-state index contributed by atoms with van der Waals surface area (Å²) in [5.74, 6) is 0. The number of aromatic nitrogens is 1. The van der Waals surface area contributed by atoms with Crippen LogP contribution < -0.4 is 0 Å². The van der Waals surface area contributed by atoms with Crippen molar-refractivity contribution in [2.45, 2.75) is 0 Å². The molecule has 10 rings (SSSR count). The number of benzene rings is 7. The van der Waals surface area contributed by atoms with Gasteiger partial charge in [0.25, 0.3) is 0 Å². The van der Waals surface area contributed by atoms with E-state index in [0.29, 0.717) is 0 Å². The summed E-state index contributed by atoms with van der Waals surface area (Å²) in [5.41, 5.74) is 7.61. The standard InChI is InChI=1S/C41H23NO2/c1-2-9-24(10-3-1)26-15-8-16-31-34-19-25(17-18-38(34)44-41(26)31)37-21-36-35-20-32-29-13-6-4-11-27(29)28-12-5-7-14-30(28)33(32)22-39(35)43-40(36)23-42-37/h1-23H. The van der Waals surface area contributed by atoms with E-state index in [0.717, 1.165) is 66.3 Å². The summed E-state index contributed by atoms with van der Waals surface area (Å²) < 4.78 is 12.8. The van der Waals surface area contributed by atoms with Crippen LogP contribution in [0.3, 0.4) is 0 Å². The molecule has 3 heterocycles. The van der Waals surface area contributed by atoms with E-state index in [9.17, 15) is 0 Å². The van der Waals surface area contributed by atoms with Gasteiger partial charge in [-0.2, -0.15) is 0 Å². The van der Waals surface area contributed by atoms with E-state index in [1.54, 1.807) is 0 Å². The van der Waals surface area contributed by atoms with Crippen LogP contribution >= 0.6 is 0 Å². The van der Waals surface area contributed by atoms with Gasteiger partial charge in [-0.05, 0) is 74.3 Å². The molecule has 0 N–H and O–H groups in total. The quantitative estimate of drug-likeness (QED) is 0.197. The van der Waals surface area contributed by atoms with Gasteiger partial charge in [0.2, 0.25) is 0 Å². The summed E-state index contributed by atoms with van der Waals surface area (Å²) in [6.07, 6.45) is 1.86. The molecule has 0 atom stereocenters. The van der Waals surface area contributed by atoms with Crippen LogP contribution in [0, 0.1) is 0 Å². The Morgan fingerprint density at radius 2 is 1.00 bits per heavy atom. The van der Waals surface area contributed by atoms with Gasteiger partial charge in [-0.1, -0.05) is 97.1 Å². The zero-order valence-electron chi connectivity index (χ0n) is 23.5. The Morgan fingerprint density at radius 1 is 0.364 bits per heavy atom. The largest absolute Gasteiger partial charge is 0.455 e. The van der Waals surface area contributed by atoms with Crippen LogP contribution in [0.25, 0.3) is 98.6 Å². The maximum atomic E-state index is 6.42. The number of furan rings is 2. The van der Waals surface area contributed by atoms with Crippen LogP contribution in [0.15, 0.2) is 148 Å². The molecule has 7 aromatic carbocycles. The first-order valence-electron chi connectivity index (χ1n) is 14.9. The lowest BCUT2D eigenvalue weighted by molar-refractivity contribution is 0.667. The Morgan fingerprint density at radius 3 is 1.77 bits per heavy atom. The molecule has 0 aliphatic carbocycles. The minimum absolute atomic E-state index is 0.787. The predicted molar refractivity (Wildman–Crippen MR) is 182 cm³/mol. The first-order chi connectivity index (χ1) is 21.8. The molecule has 3 heteroatoms. The Bertz CT molecular complexity index is 2770. The Hall–Kier alpha value is -5.93. The van der Waals surface area contributed by atoms with Crippen LogP contribution in [-0.2, 0) is 0 Å². The molecule has 0 spiro atoms. The summed E-state index contributed by atoms with van der Waals surface area (Å²) in [7, 11) is 0. The summed E-state index contributed by atoms with van der Waals surface area (Å²) in [5, 5.41) is 11.8. The number of rotatable bonds is 2. The van der Waals surface area contributed by atoms with Gasteiger partial charge in [0, 0.05) is 32.7 Å². The molecule has 0 radical (unpaired) electrons. The van der Waals surface area contributed by atoms with Crippen molar-refractivity contribution >= 4 is 76.2 Å². The van der Waals surface area contributed by atoms with E-state index < -0.39 is 0 Å². The fourth-order valence-corrected chi connectivity index (χ4v) is 7.04. The van der Waals surface area contributed by atoms with Crippen LogP contribution in [0.5, 0.6) is 0 Å². The molecule has 0 saturated heterocycles. The van der Waals surface area contributed by atoms with Crippen LogP contribution in [0.1, 0.15) is 0 Å². The smallest absolute Gasteiger partial charge is 0.153 e. The van der Waals surface area contributed by atoms with E-state index in [1.165, 1.54) is 32.3 Å². The summed E-state index contributed by atoms with van der Waals surface area (Å²) in [6, 6.07) is 47.1. The van der Waals surface area contributed by atoms with Crippen molar-refractivity contribution in [3.05, 3.63) is 140 Å². The molecule has 3 aromatic heterocycles. The van der Waals surface area contributed by atoms with Crippen LogP contribution in [-0.4, -0.2) is 4.98 Å². The van der Waals surface area contributed by atoms with Gasteiger partial charge < -0.3 is 8.83 Å². The van der Waals surface area contributed by atoms with Crippen LogP contribution in [0.2, 0.25) is 0 Å². The lowest BCUT2D eigenvalue weighted by Crippen LogP contribution is -1.84. The molecule has 0 bridgehead atoms. The average molecular weight is 562 g/mol. The highest BCUT2D eigenvalue weighted by atomic mass is 16.3. The molecule has 0 aliphatic heterocycles. The van der Waals surface area contributed by atoms with Gasteiger partial charge in [-0.15, -0.1) is 0 Å². The minimum Gasteiger partial charge on any atom is -0.455 e. The van der Waals surface area contributed by atoms with Crippen molar-refractivity contribution < 1.29 is 8.83 Å². The second kappa shape index (κ2) is 8.79. The molecule has 0 fully saturated rings. The zero-order chi connectivity index (χ0) is 28.8. The van der Waals surface area contributed by atoms with Crippen molar-refractivity contribution in [3.8, 4) is 22.4 Å². The van der Waals surface area contributed by atoms with Crippen molar-refractivity contribution in [1.82, 2.24) is 4.98 Å². The maximum absolute atomic E-state index is 6.42. The van der Waals surface area contributed by atoms with Gasteiger partial charge in [-0.3, -0.25) is 4.98 Å². The number of para-hydroxylation sites is 1. The summed E-state index contributed by atoms with van der Waals surface area (Å²) >= 11 is 0. The molecule has 204 valence electrons. The highest BCUT2D eigenvalue weighted by Crippen LogP contribution is 2.41. The molecule has 0 amide bonds. The molecular formula is C41H23NO2. The highest BCUT2D eigenvalue weighted by Gasteiger charge is 2.16. The van der Waals surface area contributed by atoms with Crippen LogP contribution in [0.4, 0.5) is 0 Å². The van der Waals surface area contributed by atoms with Gasteiger partial charge in [0.05, 0.1) is 11.9 Å². The lowest BCUT2D eigenvalue weighted by Gasteiger charge is -2.10. The molecule has 44 heavy (non-hydrogen) atoms. The molecule has 0 saturated carbocycles. The second-order valence-corrected chi connectivity index (χ2v) is 11.5. The SMILES string of the molecule is c1ccc(-c2cccc3c2oc2ccc(-c4cc5c(cn4)oc4cc6c7ccccc7c7ccccc7c6cc45)cc23)cc1. The molecule has 3 nitrogen and oxygen atoms in total. The first kappa shape index (κ1) is 23.6. The van der Waals surface area contributed by atoms with E-state index in [2.05, 4.69) is 127 Å². The summed E-state index contributed by atoms with van der Waals surface area (Å²) in [4.78, 5) is 4.85. The fourth-order valence-electron chi connectivity index (χ4n) is 7.04. The Balaban J connectivity index is 1.18. The number of hydrogen-bond donors (Lipinski definition) is 0. The second-order valence-electron chi connectivity index (χ2n) is 11.5. The number of pyridine rings is 1. The highest BCUT2D eigenvalue weighted by molar-refractivity contribution is 6.28. The third-order valence-corrected chi connectivity index (χ3v) is 9.10. The molecular weight excluding hydrogens is 538 g/mol. The molecule has 0 unspecified atom stereocenters. The number of hydrogen-bond acceptors (Lipinski definition) is 3. The van der Waals surface area contributed by atoms with E-state index >= 15 is 0 Å². The van der Waals surface area contributed by atoms with Crippen molar-refractivity contribution in [3.63, 3.8) is 0 Å². The van der Waals surface area contributed by atoms with E-state index in [4.69, 9.17) is 13.8 Å². The molecule has 10 aromatic rings. The van der Waals surface area contributed by atoms with Crippen molar-refractivity contribution in [1.29, 1.82) is 0 Å². The normalized spacial score (nSPS) is 12.1. The van der Waals surface area contributed by atoms with E-state index in [-0.39, 0.29) is 0 Å². The van der Waals surface area contributed by atoms with E-state index in [1.807, 2.05) is 12.3 Å². The third-order valence-electron chi connectivity index (χ3n) is 9.10. The number of nitrogens with zero attached hydrogens (tertiary/aromatic N) is 1. The van der Waals surface area contributed by atoms with Gasteiger partial charge in [0.1, 0.15) is 16.7 Å². The topological polar surface area (TPSA) is 39.2 Å². The monoisotopic (exact) mass is 561 g/mol. The Kier molecular flexibility index (Phi) is 4.72. The minimum atomic E-state index is 0.787. The van der Waals surface area contributed by atoms with Gasteiger partial charge >= 0.3 is 0 Å². The Labute approximate surface area is 251 Å². The lowest BCUT2D eigenvalue weighted by atomic mass is 9.93. The zero-order valence-corrected chi connectivity index (χ0v) is 23.5. The van der Waals surface area contributed by atoms with Crippen molar-refractivity contribution in [2.75, 3.05) is 0 Å². The predicted octanol–water partition coefficient (Wildman–Crippen LogP) is 11.7. The molecule has 0 aliphatic rings. The summed E-state index contributed by atoms with van der Waals surface area (Å²) in [6.45, 7) is 0. The number of fused-ring (bicyclic) bond motifs is 12. The fraction of sp³-hybridized carbons (Fsp3) is 0. The maximum Gasteiger partial charge on any atom is 0.153 e. The average Bonchev–Trinajstić information content (AvgIpc) is 3.65.